The molecule has 3 rings (SSSR count). The number of carbonyl (C=O) groups excluding carboxylic acids is 3. The number of amides is 2. The number of fused-ring (bicyclic) bond motifs is 1. The third-order valence-corrected chi connectivity index (χ3v) is 5.05. The van der Waals surface area contributed by atoms with Gasteiger partial charge in [0, 0.05) is 11.5 Å². The third-order valence-electron chi connectivity index (χ3n) is 4.75. The number of imide groups is 1. The van der Waals surface area contributed by atoms with Crippen molar-refractivity contribution in [1.29, 1.82) is 0 Å². The topological polar surface area (TPSA) is 63.7 Å². The summed E-state index contributed by atoms with van der Waals surface area (Å²) >= 11 is 6.05. The van der Waals surface area contributed by atoms with Crippen LogP contribution in [-0.4, -0.2) is 35.3 Å². The van der Waals surface area contributed by atoms with Crippen LogP contribution >= 0.6 is 11.6 Å². The zero-order valence-corrected chi connectivity index (χ0v) is 14.7. The minimum Gasteiger partial charge on any atom is -0.464 e. The minimum atomic E-state index is -0.938. The number of ether oxygens (including phenoxy) is 1. The van der Waals surface area contributed by atoms with Crippen molar-refractivity contribution >= 4 is 29.4 Å². The molecule has 0 N–H and O–H groups in total. The van der Waals surface area contributed by atoms with Crippen LogP contribution in [0.15, 0.2) is 41.4 Å². The second kappa shape index (κ2) is 7.40. The summed E-state index contributed by atoms with van der Waals surface area (Å²) < 4.78 is 5.14. The van der Waals surface area contributed by atoms with Gasteiger partial charge < -0.3 is 4.74 Å². The highest BCUT2D eigenvalue weighted by Gasteiger charge is 2.52. The van der Waals surface area contributed by atoms with Crippen LogP contribution in [-0.2, 0) is 25.5 Å². The van der Waals surface area contributed by atoms with E-state index >= 15 is 0 Å². The number of rotatable bonds is 5. The summed E-state index contributed by atoms with van der Waals surface area (Å²) in [5.41, 5.74) is 0.868. The van der Waals surface area contributed by atoms with E-state index in [1.807, 2.05) is 30.3 Å². The first kappa shape index (κ1) is 17.7. The highest BCUT2D eigenvalue weighted by atomic mass is 35.5. The molecular weight excluding hydrogens is 342 g/mol. The molecule has 0 bridgehead atoms. The summed E-state index contributed by atoms with van der Waals surface area (Å²) in [6, 6.07) is 8.37. The lowest BCUT2D eigenvalue weighted by molar-refractivity contribution is -0.158. The summed E-state index contributed by atoms with van der Waals surface area (Å²) in [5.74, 6) is -2.08. The molecule has 3 atom stereocenters. The second-order valence-electron chi connectivity index (χ2n) is 6.31. The van der Waals surface area contributed by atoms with Crippen LogP contribution in [0.1, 0.15) is 25.3 Å². The molecule has 2 amide bonds. The van der Waals surface area contributed by atoms with Crippen molar-refractivity contribution in [3.8, 4) is 0 Å². The molecule has 1 aliphatic carbocycles. The van der Waals surface area contributed by atoms with Gasteiger partial charge in [0.15, 0.2) is 0 Å². The van der Waals surface area contributed by atoms with Crippen molar-refractivity contribution in [3.63, 3.8) is 0 Å². The van der Waals surface area contributed by atoms with Crippen molar-refractivity contribution in [2.24, 2.45) is 11.8 Å². The Morgan fingerprint density at radius 1 is 1.24 bits per heavy atom. The fourth-order valence-corrected chi connectivity index (χ4v) is 3.77. The van der Waals surface area contributed by atoms with Gasteiger partial charge in [0.05, 0.1) is 18.4 Å². The molecule has 0 saturated carbocycles. The lowest BCUT2D eigenvalue weighted by Gasteiger charge is -2.25. The highest BCUT2D eigenvalue weighted by molar-refractivity contribution is 6.30. The number of likely N-dealkylation sites (tertiary alicyclic amines) is 1. The Labute approximate surface area is 151 Å². The van der Waals surface area contributed by atoms with Crippen LogP contribution in [0.4, 0.5) is 0 Å². The molecule has 0 aromatic heterocycles. The smallest absolute Gasteiger partial charge is 0.329 e. The fourth-order valence-electron chi connectivity index (χ4n) is 3.52. The Hall–Kier alpha value is -2.14. The van der Waals surface area contributed by atoms with Gasteiger partial charge in [0.1, 0.15) is 6.04 Å². The van der Waals surface area contributed by atoms with Gasteiger partial charge in [0.25, 0.3) is 0 Å². The lowest BCUT2D eigenvalue weighted by atomic mass is 9.85. The number of carbonyl (C=O) groups is 3. The first-order valence-electron chi connectivity index (χ1n) is 8.45. The van der Waals surface area contributed by atoms with Crippen LogP contribution in [0, 0.1) is 11.8 Å². The van der Waals surface area contributed by atoms with Crippen LogP contribution in [0.5, 0.6) is 0 Å². The Morgan fingerprint density at radius 3 is 2.60 bits per heavy atom. The average Bonchev–Trinajstić information content (AvgIpc) is 2.84. The maximum Gasteiger partial charge on any atom is 0.329 e. The van der Waals surface area contributed by atoms with Gasteiger partial charge in [-0.25, -0.2) is 4.79 Å². The number of benzene rings is 1. The van der Waals surface area contributed by atoms with Gasteiger partial charge in [-0.3, -0.25) is 14.5 Å². The molecule has 1 fully saturated rings. The standard InChI is InChI=1S/C19H20ClNO4/c1-2-25-19(24)16(10-12-6-4-3-5-7-12)21-17(22)14-9-8-13(20)11-15(14)18(21)23/h3-8,14-16H,2,9-11H2,1H3. The van der Waals surface area contributed by atoms with Crippen LogP contribution in [0.2, 0.25) is 0 Å². The molecule has 1 aliphatic heterocycles. The first-order valence-corrected chi connectivity index (χ1v) is 8.82. The van der Waals surface area contributed by atoms with Crippen LogP contribution in [0.3, 0.4) is 0 Å². The molecule has 0 radical (unpaired) electrons. The van der Waals surface area contributed by atoms with E-state index in [1.54, 1.807) is 13.0 Å². The van der Waals surface area contributed by atoms with Crippen molar-refractivity contribution < 1.29 is 19.1 Å². The van der Waals surface area contributed by atoms with E-state index in [-0.39, 0.29) is 24.8 Å². The van der Waals surface area contributed by atoms with Gasteiger partial charge in [0.2, 0.25) is 11.8 Å². The molecule has 3 unspecified atom stereocenters. The lowest BCUT2D eigenvalue weighted by Crippen LogP contribution is -2.47. The molecule has 1 aromatic rings. The molecule has 1 heterocycles. The monoisotopic (exact) mass is 361 g/mol. The van der Waals surface area contributed by atoms with Crippen molar-refractivity contribution in [2.45, 2.75) is 32.2 Å². The molecule has 25 heavy (non-hydrogen) atoms. The number of hydrogen-bond donors (Lipinski definition) is 0. The van der Waals surface area contributed by atoms with Crippen molar-refractivity contribution in [1.82, 2.24) is 4.90 Å². The van der Waals surface area contributed by atoms with E-state index in [0.29, 0.717) is 17.9 Å². The molecule has 6 heteroatoms. The molecule has 1 aromatic carbocycles. The van der Waals surface area contributed by atoms with Crippen LogP contribution in [0.25, 0.3) is 0 Å². The molecule has 5 nitrogen and oxygen atoms in total. The summed E-state index contributed by atoms with van der Waals surface area (Å²) in [6.45, 7) is 1.90. The van der Waals surface area contributed by atoms with Crippen molar-refractivity contribution in [3.05, 3.63) is 47.0 Å². The molecular formula is C19H20ClNO4. The number of hydrogen-bond acceptors (Lipinski definition) is 4. The first-order chi connectivity index (χ1) is 12.0. The van der Waals surface area contributed by atoms with Gasteiger partial charge in [-0.2, -0.15) is 0 Å². The highest BCUT2D eigenvalue weighted by Crippen LogP contribution is 2.40. The Kier molecular flexibility index (Phi) is 5.23. The maximum atomic E-state index is 12.8. The predicted octanol–water partition coefficient (Wildman–Crippen LogP) is 2.68. The largest absolute Gasteiger partial charge is 0.464 e. The average molecular weight is 362 g/mol. The molecule has 132 valence electrons. The fraction of sp³-hybridized carbons (Fsp3) is 0.421. The number of halogens is 1. The molecule has 0 spiro atoms. The van der Waals surface area contributed by atoms with Gasteiger partial charge in [-0.1, -0.05) is 48.0 Å². The van der Waals surface area contributed by atoms with Gasteiger partial charge >= 0.3 is 5.97 Å². The molecule has 2 aliphatic rings. The minimum absolute atomic E-state index is 0.195. The Bertz CT molecular complexity index is 715. The predicted molar refractivity (Wildman–Crippen MR) is 92.6 cm³/mol. The van der Waals surface area contributed by atoms with Gasteiger partial charge in [-0.15, -0.1) is 0 Å². The molecule has 1 saturated heterocycles. The zero-order chi connectivity index (χ0) is 18.0. The summed E-state index contributed by atoms with van der Waals surface area (Å²) in [5, 5.41) is 0.597. The SMILES string of the molecule is CCOC(=O)C(Cc1ccccc1)N1C(=O)C2CC=C(Cl)CC2C1=O. The second-order valence-corrected chi connectivity index (χ2v) is 6.79. The third kappa shape index (κ3) is 3.47. The summed E-state index contributed by atoms with van der Waals surface area (Å²) in [6.07, 6.45) is 2.82. The van der Waals surface area contributed by atoms with E-state index in [2.05, 4.69) is 0 Å². The number of esters is 1. The van der Waals surface area contributed by atoms with Crippen molar-refractivity contribution in [2.75, 3.05) is 6.61 Å². The van der Waals surface area contributed by atoms with Gasteiger partial charge in [-0.05, 0) is 25.3 Å². The number of allylic oxidation sites excluding steroid dienone is 2. The Morgan fingerprint density at radius 2 is 1.92 bits per heavy atom. The summed E-state index contributed by atoms with van der Waals surface area (Å²) in [4.78, 5) is 39.3. The summed E-state index contributed by atoms with van der Waals surface area (Å²) in [7, 11) is 0. The van der Waals surface area contributed by atoms with E-state index in [1.165, 1.54) is 0 Å². The number of nitrogens with zero attached hydrogens (tertiary/aromatic N) is 1. The van der Waals surface area contributed by atoms with E-state index in [4.69, 9.17) is 16.3 Å². The normalized spacial score (nSPS) is 23.9. The van der Waals surface area contributed by atoms with E-state index < -0.39 is 23.8 Å². The zero-order valence-electron chi connectivity index (χ0n) is 14.0. The van der Waals surface area contributed by atoms with E-state index in [0.717, 1.165) is 10.5 Å². The Balaban J connectivity index is 1.89. The maximum absolute atomic E-state index is 12.8. The van der Waals surface area contributed by atoms with Crippen LogP contribution < -0.4 is 0 Å². The van der Waals surface area contributed by atoms with E-state index in [9.17, 15) is 14.4 Å². The quantitative estimate of drug-likeness (QED) is 0.597.